The zero-order chi connectivity index (χ0) is 24.1. The molecule has 33 heavy (non-hydrogen) atoms. The van der Waals surface area contributed by atoms with Gasteiger partial charge in [-0.3, -0.25) is 9.52 Å². The molecular weight excluding hydrogens is 470 g/mol. The first-order valence-electron chi connectivity index (χ1n) is 9.32. The van der Waals surface area contributed by atoms with Crippen LogP contribution in [0.1, 0.15) is 10.4 Å². The molecule has 0 aromatic heterocycles. The monoisotopic (exact) mass is 489 g/mol. The van der Waals surface area contributed by atoms with Gasteiger partial charge in [0.05, 0.1) is 15.4 Å². The maximum absolute atomic E-state index is 12.4. The quantitative estimate of drug-likeness (QED) is 0.407. The number of primary sulfonamides is 1. The highest BCUT2D eigenvalue weighted by Gasteiger charge is 2.16. The number of nitrogens with one attached hydrogen (secondary N) is 2. The lowest BCUT2D eigenvalue weighted by atomic mass is 10.2. The largest absolute Gasteiger partial charge is 0.452 e. The van der Waals surface area contributed by atoms with Crippen LogP contribution < -0.4 is 15.2 Å². The van der Waals surface area contributed by atoms with Crippen molar-refractivity contribution in [3.8, 4) is 0 Å². The average Bonchev–Trinajstić information content (AvgIpc) is 2.77. The van der Waals surface area contributed by atoms with Crippen LogP contribution in [-0.4, -0.2) is 35.3 Å². The number of carbonyl (C=O) groups excluding carboxylic acids is 2. The van der Waals surface area contributed by atoms with Crippen molar-refractivity contribution in [2.75, 3.05) is 16.6 Å². The molecule has 4 N–H and O–H groups in total. The Morgan fingerprint density at radius 3 is 2.12 bits per heavy atom. The maximum Gasteiger partial charge on any atom is 0.338 e. The standard InChI is InChI=1S/C21H19N3O7S2/c22-32(27,28)19-11-5-7-16(13-19)23-20(25)14-31-21(26)15-6-4-8-17(12-15)24-33(29,30)18-9-2-1-3-10-18/h1-13,24H,14H2,(H,23,25)(H2,22,27,28). The molecule has 1 amide bonds. The third-order valence-electron chi connectivity index (χ3n) is 4.18. The lowest BCUT2D eigenvalue weighted by Crippen LogP contribution is -2.21. The summed E-state index contributed by atoms with van der Waals surface area (Å²) in [6, 6.07) is 18.6. The predicted molar refractivity (Wildman–Crippen MR) is 120 cm³/mol. The van der Waals surface area contributed by atoms with Gasteiger partial charge in [0.25, 0.3) is 15.9 Å². The second-order valence-corrected chi connectivity index (χ2v) is 9.94. The van der Waals surface area contributed by atoms with Gasteiger partial charge in [-0.25, -0.2) is 26.8 Å². The van der Waals surface area contributed by atoms with Crippen LogP contribution in [-0.2, 0) is 29.6 Å². The fourth-order valence-electron chi connectivity index (χ4n) is 2.69. The van der Waals surface area contributed by atoms with E-state index in [0.29, 0.717) is 0 Å². The molecule has 0 aliphatic heterocycles. The first kappa shape index (κ1) is 23.9. The van der Waals surface area contributed by atoms with Crippen LogP contribution in [0.5, 0.6) is 0 Å². The fourth-order valence-corrected chi connectivity index (χ4v) is 4.32. The lowest BCUT2D eigenvalue weighted by Gasteiger charge is -2.10. The van der Waals surface area contributed by atoms with Crippen molar-refractivity contribution in [3.05, 3.63) is 84.4 Å². The number of sulfonamides is 2. The number of nitrogens with two attached hydrogens (primary N) is 1. The second kappa shape index (κ2) is 9.81. The molecule has 3 aromatic rings. The Labute approximate surface area is 190 Å². The third kappa shape index (κ3) is 6.62. The highest BCUT2D eigenvalue weighted by Crippen LogP contribution is 2.18. The summed E-state index contributed by atoms with van der Waals surface area (Å²) in [7, 11) is -7.79. The number of benzene rings is 3. The summed E-state index contributed by atoms with van der Waals surface area (Å²) in [5, 5.41) is 7.44. The van der Waals surface area contributed by atoms with Gasteiger partial charge >= 0.3 is 5.97 Å². The minimum absolute atomic E-state index is 0.0206. The molecule has 0 saturated carbocycles. The van der Waals surface area contributed by atoms with Crippen molar-refractivity contribution in [2.45, 2.75) is 9.79 Å². The van der Waals surface area contributed by atoms with Gasteiger partial charge in [-0.1, -0.05) is 30.3 Å². The van der Waals surface area contributed by atoms with E-state index in [0.717, 1.165) is 6.07 Å². The fraction of sp³-hybridized carbons (Fsp3) is 0.0476. The minimum Gasteiger partial charge on any atom is -0.452 e. The van der Waals surface area contributed by atoms with Crippen molar-refractivity contribution < 1.29 is 31.2 Å². The molecule has 0 bridgehead atoms. The molecule has 3 aromatic carbocycles. The van der Waals surface area contributed by atoms with Crippen molar-refractivity contribution in [2.24, 2.45) is 5.14 Å². The Morgan fingerprint density at radius 2 is 1.42 bits per heavy atom. The van der Waals surface area contributed by atoms with Gasteiger partial charge in [-0.05, 0) is 48.5 Å². The van der Waals surface area contributed by atoms with E-state index in [1.165, 1.54) is 54.6 Å². The van der Waals surface area contributed by atoms with Crippen LogP contribution in [0.25, 0.3) is 0 Å². The molecular formula is C21H19N3O7S2. The van der Waals surface area contributed by atoms with Gasteiger partial charge in [0.2, 0.25) is 10.0 Å². The molecule has 0 aliphatic rings. The van der Waals surface area contributed by atoms with E-state index in [2.05, 4.69) is 10.0 Å². The van der Waals surface area contributed by atoms with E-state index >= 15 is 0 Å². The number of esters is 1. The SMILES string of the molecule is NS(=O)(=O)c1cccc(NC(=O)COC(=O)c2cccc(NS(=O)(=O)c3ccccc3)c2)c1. The van der Waals surface area contributed by atoms with Crippen molar-refractivity contribution >= 4 is 43.3 Å². The van der Waals surface area contributed by atoms with Gasteiger partial charge in [-0.2, -0.15) is 0 Å². The number of amides is 1. The number of hydrogen-bond acceptors (Lipinski definition) is 7. The Balaban J connectivity index is 1.61. The first-order chi connectivity index (χ1) is 15.5. The van der Waals surface area contributed by atoms with Crippen molar-refractivity contribution in [1.29, 1.82) is 0 Å². The summed E-state index contributed by atoms with van der Waals surface area (Å²) in [5.74, 6) is -1.57. The van der Waals surface area contributed by atoms with E-state index < -0.39 is 38.5 Å². The van der Waals surface area contributed by atoms with E-state index in [1.54, 1.807) is 18.2 Å². The normalized spacial score (nSPS) is 11.4. The summed E-state index contributed by atoms with van der Waals surface area (Å²) >= 11 is 0. The number of rotatable bonds is 8. The van der Waals surface area contributed by atoms with Gasteiger partial charge in [0, 0.05) is 11.4 Å². The third-order valence-corrected chi connectivity index (χ3v) is 6.49. The lowest BCUT2D eigenvalue weighted by molar-refractivity contribution is -0.119. The van der Waals surface area contributed by atoms with E-state index in [9.17, 15) is 26.4 Å². The maximum atomic E-state index is 12.4. The van der Waals surface area contributed by atoms with E-state index in [1.807, 2.05) is 0 Å². The van der Waals surface area contributed by atoms with Crippen molar-refractivity contribution in [1.82, 2.24) is 0 Å². The van der Waals surface area contributed by atoms with Gasteiger partial charge < -0.3 is 10.1 Å². The minimum atomic E-state index is -3.94. The molecule has 0 saturated heterocycles. The molecule has 0 radical (unpaired) electrons. The molecule has 0 aliphatic carbocycles. The predicted octanol–water partition coefficient (Wildman–Crippen LogP) is 1.93. The summed E-state index contributed by atoms with van der Waals surface area (Å²) in [5.41, 5.74) is 0.310. The summed E-state index contributed by atoms with van der Waals surface area (Å²) in [6.07, 6.45) is 0. The summed E-state index contributed by atoms with van der Waals surface area (Å²) in [6.45, 7) is -0.654. The van der Waals surface area contributed by atoms with E-state index in [-0.39, 0.29) is 26.7 Å². The summed E-state index contributed by atoms with van der Waals surface area (Å²) < 4.78 is 55.0. The van der Waals surface area contributed by atoms with Crippen molar-refractivity contribution in [3.63, 3.8) is 0 Å². The summed E-state index contributed by atoms with van der Waals surface area (Å²) in [4.78, 5) is 24.2. The molecule has 0 unspecified atom stereocenters. The zero-order valence-electron chi connectivity index (χ0n) is 17.0. The second-order valence-electron chi connectivity index (χ2n) is 6.70. The zero-order valence-corrected chi connectivity index (χ0v) is 18.6. The van der Waals surface area contributed by atoms with Crippen LogP contribution >= 0.6 is 0 Å². The molecule has 12 heteroatoms. The Morgan fingerprint density at radius 1 is 0.788 bits per heavy atom. The molecule has 0 fully saturated rings. The van der Waals surface area contributed by atoms with E-state index in [4.69, 9.17) is 9.88 Å². The Kier molecular flexibility index (Phi) is 7.11. The molecule has 0 heterocycles. The number of ether oxygens (including phenoxy) is 1. The smallest absolute Gasteiger partial charge is 0.338 e. The van der Waals surface area contributed by atoms with Crippen LogP contribution in [0.3, 0.4) is 0 Å². The number of hydrogen-bond donors (Lipinski definition) is 3. The van der Waals surface area contributed by atoms with Crippen LogP contribution in [0.2, 0.25) is 0 Å². The highest BCUT2D eigenvalue weighted by molar-refractivity contribution is 7.92. The van der Waals surface area contributed by atoms with Crippen LogP contribution in [0.4, 0.5) is 11.4 Å². The topological polar surface area (TPSA) is 162 Å². The van der Waals surface area contributed by atoms with Gasteiger partial charge in [0.1, 0.15) is 0 Å². The molecule has 10 nitrogen and oxygen atoms in total. The van der Waals surface area contributed by atoms with Gasteiger partial charge in [0.15, 0.2) is 6.61 Å². The average molecular weight is 490 g/mol. The highest BCUT2D eigenvalue weighted by atomic mass is 32.2. The number of anilines is 2. The van der Waals surface area contributed by atoms with Gasteiger partial charge in [-0.15, -0.1) is 0 Å². The Bertz CT molecular complexity index is 1390. The first-order valence-corrected chi connectivity index (χ1v) is 12.4. The van der Waals surface area contributed by atoms with Crippen LogP contribution in [0, 0.1) is 0 Å². The molecule has 172 valence electrons. The number of carbonyl (C=O) groups is 2. The Hall–Kier alpha value is -3.74. The molecule has 0 atom stereocenters. The molecule has 3 rings (SSSR count). The molecule has 0 spiro atoms. The van der Waals surface area contributed by atoms with Crippen LogP contribution in [0.15, 0.2) is 88.7 Å².